The van der Waals surface area contributed by atoms with Crippen molar-refractivity contribution in [2.75, 3.05) is 13.2 Å². The van der Waals surface area contributed by atoms with Gasteiger partial charge in [-0.05, 0) is 61.2 Å². The third-order valence-corrected chi connectivity index (χ3v) is 4.11. The third kappa shape index (κ3) is 5.70. The molecule has 2 nitrogen and oxygen atoms in total. The van der Waals surface area contributed by atoms with E-state index in [0.717, 1.165) is 28.1 Å². The molecule has 2 aromatic carbocycles. The van der Waals surface area contributed by atoms with E-state index in [1.165, 1.54) is 5.56 Å². The lowest BCUT2D eigenvalue weighted by atomic mass is 9.97. The fourth-order valence-electron chi connectivity index (χ4n) is 2.16. The van der Waals surface area contributed by atoms with E-state index in [9.17, 15) is 0 Å². The molecule has 0 saturated heterocycles. The summed E-state index contributed by atoms with van der Waals surface area (Å²) in [4.78, 5) is 0. The van der Waals surface area contributed by atoms with Crippen LogP contribution in [-0.2, 0) is 6.42 Å². The predicted molar refractivity (Wildman–Crippen MR) is 92.0 cm³/mol. The number of hydrogen-bond donors (Lipinski definition) is 1. The van der Waals surface area contributed by atoms with Gasteiger partial charge in [0.05, 0.1) is 6.61 Å². The van der Waals surface area contributed by atoms with Gasteiger partial charge in [0, 0.05) is 9.50 Å². The summed E-state index contributed by atoms with van der Waals surface area (Å²) in [6.07, 6.45) is 1.89. The predicted octanol–water partition coefficient (Wildman–Crippen LogP) is 4.69. The summed E-state index contributed by atoms with van der Waals surface area (Å²) in [5.41, 5.74) is 7.13. The Balaban J connectivity index is 1.81. The van der Waals surface area contributed by atoms with Crippen LogP contribution in [0, 0.1) is 5.92 Å². The van der Waals surface area contributed by atoms with Gasteiger partial charge in [-0.25, -0.2) is 0 Å². The van der Waals surface area contributed by atoms with Crippen LogP contribution in [-0.4, -0.2) is 13.2 Å². The van der Waals surface area contributed by atoms with Gasteiger partial charge in [0.15, 0.2) is 0 Å². The quantitative estimate of drug-likeness (QED) is 0.769. The molecule has 0 saturated carbocycles. The molecule has 0 heterocycles. The molecule has 1 unspecified atom stereocenters. The van der Waals surface area contributed by atoms with Gasteiger partial charge in [0.25, 0.3) is 0 Å². The molecule has 2 aromatic rings. The van der Waals surface area contributed by atoms with Gasteiger partial charge in [-0.3, -0.25) is 0 Å². The van der Waals surface area contributed by atoms with Crippen molar-refractivity contribution in [1.82, 2.24) is 0 Å². The molecule has 0 aliphatic carbocycles. The maximum Gasteiger partial charge on any atom is 0.120 e. The Morgan fingerprint density at radius 2 is 1.90 bits per heavy atom. The van der Waals surface area contributed by atoms with Gasteiger partial charge >= 0.3 is 0 Å². The molecule has 0 aliphatic rings. The number of ether oxygens (including phenoxy) is 1. The van der Waals surface area contributed by atoms with Crippen LogP contribution >= 0.6 is 27.5 Å². The van der Waals surface area contributed by atoms with Crippen LogP contribution in [0.3, 0.4) is 0 Å². The van der Waals surface area contributed by atoms with Crippen molar-refractivity contribution in [2.45, 2.75) is 12.8 Å². The van der Waals surface area contributed by atoms with Crippen molar-refractivity contribution in [3.63, 3.8) is 0 Å². The zero-order valence-electron chi connectivity index (χ0n) is 11.8. The van der Waals surface area contributed by atoms with Crippen LogP contribution in [0.15, 0.2) is 53.0 Å². The first-order valence-corrected chi connectivity index (χ1v) is 8.17. The summed E-state index contributed by atoms with van der Waals surface area (Å²) in [7, 11) is 0. The Hall–Kier alpha value is -1.03. The summed E-state index contributed by atoms with van der Waals surface area (Å²) >= 11 is 9.33. The summed E-state index contributed by atoms with van der Waals surface area (Å²) in [5.74, 6) is 1.30. The Kier molecular flexibility index (Phi) is 6.55. The summed E-state index contributed by atoms with van der Waals surface area (Å²) in [6, 6.07) is 15.8. The van der Waals surface area contributed by atoms with E-state index >= 15 is 0 Å². The smallest absolute Gasteiger partial charge is 0.120 e. The van der Waals surface area contributed by atoms with Crippen LogP contribution < -0.4 is 10.5 Å². The first kappa shape index (κ1) is 16.3. The van der Waals surface area contributed by atoms with Crippen molar-refractivity contribution < 1.29 is 4.74 Å². The largest absolute Gasteiger partial charge is 0.494 e. The molecular weight excluding hydrogens is 350 g/mol. The van der Waals surface area contributed by atoms with Crippen LogP contribution in [0.25, 0.3) is 0 Å². The number of rotatable bonds is 7. The van der Waals surface area contributed by atoms with E-state index in [0.29, 0.717) is 19.1 Å². The molecule has 21 heavy (non-hydrogen) atoms. The van der Waals surface area contributed by atoms with Crippen molar-refractivity contribution in [3.05, 3.63) is 63.6 Å². The molecule has 1 atom stereocenters. The van der Waals surface area contributed by atoms with Crippen LogP contribution in [0.2, 0.25) is 5.02 Å². The van der Waals surface area contributed by atoms with Gasteiger partial charge in [-0.2, -0.15) is 0 Å². The minimum absolute atomic E-state index is 0.415. The van der Waals surface area contributed by atoms with E-state index in [1.54, 1.807) is 0 Å². The molecule has 0 fully saturated rings. The van der Waals surface area contributed by atoms with Gasteiger partial charge in [-0.15, -0.1) is 0 Å². The van der Waals surface area contributed by atoms with Gasteiger partial charge in [0.2, 0.25) is 0 Å². The SMILES string of the molecule is NCC(CCOc1cccc(Br)c1)Cc1ccc(Cl)cc1. The third-order valence-electron chi connectivity index (χ3n) is 3.36. The maximum atomic E-state index is 5.90. The highest BCUT2D eigenvalue weighted by molar-refractivity contribution is 9.10. The molecule has 4 heteroatoms. The van der Waals surface area contributed by atoms with E-state index in [2.05, 4.69) is 28.1 Å². The Labute approximate surface area is 139 Å². The minimum atomic E-state index is 0.415. The van der Waals surface area contributed by atoms with E-state index in [-0.39, 0.29) is 0 Å². The maximum absolute atomic E-state index is 5.90. The van der Waals surface area contributed by atoms with Gasteiger partial charge < -0.3 is 10.5 Å². The first-order valence-electron chi connectivity index (χ1n) is 7.00. The summed E-state index contributed by atoms with van der Waals surface area (Å²) in [6.45, 7) is 1.33. The van der Waals surface area contributed by atoms with E-state index < -0.39 is 0 Å². The summed E-state index contributed by atoms with van der Waals surface area (Å²) < 4.78 is 6.79. The topological polar surface area (TPSA) is 35.2 Å². The monoisotopic (exact) mass is 367 g/mol. The number of halogens is 2. The normalized spacial score (nSPS) is 12.1. The zero-order valence-corrected chi connectivity index (χ0v) is 14.1. The molecule has 0 spiro atoms. The first-order chi connectivity index (χ1) is 10.2. The van der Waals surface area contributed by atoms with E-state index in [4.69, 9.17) is 22.1 Å². The molecule has 0 radical (unpaired) electrons. The molecule has 0 amide bonds. The number of nitrogens with two attached hydrogens (primary N) is 1. The molecule has 2 N–H and O–H groups in total. The second-order valence-corrected chi connectivity index (χ2v) is 6.38. The lowest BCUT2D eigenvalue weighted by molar-refractivity contribution is 0.278. The Morgan fingerprint density at radius 1 is 1.14 bits per heavy atom. The number of benzene rings is 2. The molecular formula is C17H19BrClNO. The van der Waals surface area contributed by atoms with Crippen LogP contribution in [0.1, 0.15) is 12.0 Å². The molecule has 0 bridgehead atoms. The highest BCUT2D eigenvalue weighted by Gasteiger charge is 2.08. The average molecular weight is 369 g/mol. The molecule has 0 aromatic heterocycles. The Bertz CT molecular complexity index is 559. The Morgan fingerprint density at radius 3 is 2.57 bits per heavy atom. The average Bonchev–Trinajstić information content (AvgIpc) is 2.48. The lowest BCUT2D eigenvalue weighted by Gasteiger charge is -2.15. The number of hydrogen-bond acceptors (Lipinski definition) is 2. The molecule has 2 rings (SSSR count). The second kappa shape index (κ2) is 8.42. The minimum Gasteiger partial charge on any atom is -0.494 e. The fraction of sp³-hybridized carbons (Fsp3) is 0.294. The zero-order chi connectivity index (χ0) is 15.1. The van der Waals surface area contributed by atoms with E-state index in [1.807, 2.05) is 36.4 Å². The standard InChI is InChI=1S/C17H19BrClNO/c18-15-2-1-3-17(11-15)21-9-8-14(12-20)10-13-4-6-16(19)7-5-13/h1-7,11,14H,8-10,12,20H2. The molecule has 112 valence electrons. The second-order valence-electron chi connectivity index (χ2n) is 5.03. The lowest BCUT2D eigenvalue weighted by Crippen LogP contribution is -2.19. The van der Waals surface area contributed by atoms with Crippen LogP contribution in [0.5, 0.6) is 5.75 Å². The van der Waals surface area contributed by atoms with Crippen molar-refractivity contribution in [2.24, 2.45) is 11.7 Å². The van der Waals surface area contributed by atoms with Crippen LogP contribution in [0.4, 0.5) is 0 Å². The highest BCUT2D eigenvalue weighted by atomic mass is 79.9. The summed E-state index contributed by atoms with van der Waals surface area (Å²) in [5, 5.41) is 0.765. The van der Waals surface area contributed by atoms with Gasteiger partial charge in [0.1, 0.15) is 5.75 Å². The van der Waals surface area contributed by atoms with Crippen molar-refractivity contribution >= 4 is 27.5 Å². The molecule has 0 aliphatic heterocycles. The van der Waals surface area contributed by atoms with Crippen molar-refractivity contribution in [1.29, 1.82) is 0 Å². The fourth-order valence-corrected chi connectivity index (χ4v) is 2.66. The highest BCUT2D eigenvalue weighted by Crippen LogP contribution is 2.19. The van der Waals surface area contributed by atoms with Gasteiger partial charge in [-0.1, -0.05) is 45.7 Å². The van der Waals surface area contributed by atoms with Crippen molar-refractivity contribution in [3.8, 4) is 5.75 Å².